The van der Waals surface area contributed by atoms with Crippen LogP contribution in [-0.2, 0) is 14.3 Å². The summed E-state index contributed by atoms with van der Waals surface area (Å²) in [4.78, 5) is 22.3. The van der Waals surface area contributed by atoms with Crippen molar-refractivity contribution in [3.63, 3.8) is 0 Å². The number of fused-ring (bicyclic) bond motifs is 1. The number of esters is 2. The quantitative estimate of drug-likeness (QED) is 0.323. The number of ether oxygens (including phenoxy) is 1. The second-order valence-electron chi connectivity index (χ2n) is 3.13. The van der Waals surface area contributed by atoms with Crippen LogP contribution in [-0.4, -0.2) is 11.9 Å². The lowest BCUT2D eigenvalue weighted by Gasteiger charge is -2.07. The van der Waals surface area contributed by atoms with Crippen LogP contribution in [0.1, 0.15) is 13.3 Å². The molecule has 2 rings (SSSR count). The Morgan fingerprint density at radius 1 is 1.50 bits per heavy atom. The molecule has 2 aliphatic rings. The van der Waals surface area contributed by atoms with Crippen molar-refractivity contribution in [2.45, 2.75) is 13.3 Å². The summed E-state index contributed by atoms with van der Waals surface area (Å²) in [6.45, 7) is 1.73. The molecule has 1 heterocycles. The number of carbonyl (C=O) groups is 2. The van der Waals surface area contributed by atoms with Gasteiger partial charge in [-0.25, -0.2) is 4.79 Å². The van der Waals surface area contributed by atoms with E-state index in [9.17, 15) is 9.59 Å². The van der Waals surface area contributed by atoms with Gasteiger partial charge in [0, 0.05) is 5.57 Å². The maximum Gasteiger partial charge on any atom is 0.342 e. The van der Waals surface area contributed by atoms with E-state index in [1.807, 2.05) is 6.08 Å². The lowest BCUT2D eigenvalue weighted by Crippen LogP contribution is -2.10. The zero-order chi connectivity index (χ0) is 10.1. The highest BCUT2D eigenvalue weighted by Gasteiger charge is 2.39. The molecule has 0 bridgehead atoms. The van der Waals surface area contributed by atoms with Crippen LogP contribution in [0.25, 0.3) is 0 Å². The molecule has 0 radical (unpaired) electrons. The summed E-state index contributed by atoms with van der Waals surface area (Å²) in [5.41, 5.74) is 1.22. The largest absolute Gasteiger partial charge is 0.389 e. The summed E-state index contributed by atoms with van der Waals surface area (Å²) < 4.78 is 4.51. The van der Waals surface area contributed by atoms with Gasteiger partial charge in [-0.2, -0.15) is 0 Å². The van der Waals surface area contributed by atoms with E-state index in [0.29, 0.717) is 12.0 Å². The summed E-state index contributed by atoms with van der Waals surface area (Å²) >= 11 is 0. The van der Waals surface area contributed by atoms with Gasteiger partial charge >= 0.3 is 11.9 Å². The van der Waals surface area contributed by atoms with Crippen molar-refractivity contribution in [3.8, 4) is 11.8 Å². The summed E-state index contributed by atoms with van der Waals surface area (Å²) in [6.07, 6.45) is 4.00. The van der Waals surface area contributed by atoms with E-state index >= 15 is 0 Å². The molecule has 0 N–H and O–H groups in total. The first-order chi connectivity index (χ1) is 6.72. The van der Waals surface area contributed by atoms with Gasteiger partial charge in [-0.1, -0.05) is 12.0 Å². The molecule has 0 aromatic heterocycles. The summed E-state index contributed by atoms with van der Waals surface area (Å²) in [5, 5.41) is 0. The van der Waals surface area contributed by atoms with Crippen molar-refractivity contribution in [1.82, 2.24) is 0 Å². The van der Waals surface area contributed by atoms with Crippen LogP contribution in [0.15, 0.2) is 23.3 Å². The Kier molecular flexibility index (Phi) is 1.97. The Balaban J connectivity index is 2.36. The van der Waals surface area contributed by atoms with Crippen molar-refractivity contribution >= 4 is 11.9 Å². The van der Waals surface area contributed by atoms with Crippen LogP contribution in [0.3, 0.4) is 0 Å². The number of carbonyl (C=O) groups excluding carboxylic acids is 2. The number of hydrogen-bond donors (Lipinski definition) is 0. The fraction of sp³-hybridized carbons (Fsp3) is 0.273. The van der Waals surface area contributed by atoms with E-state index in [2.05, 4.69) is 16.6 Å². The lowest BCUT2D eigenvalue weighted by atomic mass is 9.90. The summed E-state index contributed by atoms with van der Waals surface area (Å²) in [5.74, 6) is 4.23. The average molecular weight is 188 g/mol. The molecule has 3 heteroatoms. The van der Waals surface area contributed by atoms with Crippen molar-refractivity contribution in [3.05, 3.63) is 23.3 Å². The lowest BCUT2D eigenvalue weighted by molar-refractivity contribution is -0.152. The highest BCUT2D eigenvalue weighted by molar-refractivity contribution is 6.08. The topological polar surface area (TPSA) is 43.4 Å². The van der Waals surface area contributed by atoms with E-state index in [1.54, 1.807) is 13.0 Å². The second-order valence-corrected chi connectivity index (χ2v) is 3.13. The van der Waals surface area contributed by atoms with Gasteiger partial charge in [0.1, 0.15) is 0 Å². The zero-order valence-corrected chi connectivity index (χ0v) is 7.66. The average Bonchev–Trinajstić information content (AvgIpc) is 2.43. The summed E-state index contributed by atoms with van der Waals surface area (Å²) in [7, 11) is 0. The van der Waals surface area contributed by atoms with Crippen molar-refractivity contribution < 1.29 is 14.3 Å². The third kappa shape index (κ3) is 1.25. The van der Waals surface area contributed by atoms with Crippen LogP contribution >= 0.6 is 0 Å². The van der Waals surface area contributed by atoms with Gasteiger partial charge in [0.25, 0.3) is 0 Å². The van der Waals surface area contributed by atoms with E-state index in [-0.39, 0.29) is 0 Å². The molecule has 0 aromatic carbocycles. The minimum atomic E-state index is -0.525. The molecule has 1 aliphatic carbocycles. The Morgan fingerprint density at radius 3 is 3.00 bits per heavy atom. The molecule has 70 valence electrons. The summed E-state index contributed by atoms with van der Waals surface area (Å²) in [6, 6.07) is 0. The van der Waals surface area contributed by atoms with Crippen LogP contribution in [0, 0.1) is 17.8 Å². The van der Waals surface area contributed by atoms with Gasteiger partial charge in [-0.3, -0.25) is 4.79 Å². The number of rotatable bonds is 0. The fourth-order valence-corrected chi connectivity index (χ4v) is 1.58. The maximum atomic E-state index is 11.2. The Labute approximate surface area is 81.4 Å². The molecule has 1 unspecified atom stereocenters. The zero-order valence-electron chi connectivity index (χ0n) is 7.66. The molecule has 0 amide bonds. The molecular weight excluding hydrogens is 180 g/mol. The van der Waals surface area contributed by atoms with Crippen LogP contribution in [0.5, 0.6) is 0 Å². The molecular formula is C11H8O3. The van der Waals surface area contributed by atoms with E-state index in [4.69, 9.17) is 0 Å². The third-order valence-electron chi connectivity index (χ3n) is 2.24. The second kappa shape index (κ2) is 3.15. The first-order valence-electron chi connectivity index (χ1n) is 4.33. The van der Waals surface area contributed by atoms with E-state index < -0.39 is 17.9 Å². The smallest absolute Gasteiger partial charge is 0.342 e. The van der Waals surface area contributed by atoms with Crippen molar-refractivity contribution in [2.24, 2.45) is 5.92 Å². The predicted molar refractivity (Wildman–Crippen MR) is 48.8 cm³/mol. The van der Waals surface area contributed by atoms with E-state index in [1.165, 1.54) is 0 Å². The molecule has 1 atom stereocenters. The molecule has 0 aromatic rings. The highest BCUT2D eigenvalue weighted by Crippen LogP contribution is 2.31. The van der Waals surface area contributed by atoms with Crippen LogP contribution in [0.4, 0.5) is 0 Å². The van der Waals surface area contributed by atoms with Gasteiger partial charge in [0.2, 0.25) is 0 Å². The minimum absolute atomic E-state index is 0.398. The van der Waals surface area contributed by atoms with Crippen molar-refractivity contribution in [1.29, 1.82) is 0 Å². The first-order valence-corrected chi connectivity index (χ1v) is 4.33. The monoisotopic (exact) mass is 188 g/mol. The number of cyclic esters (lactones) is 2. The standard InChI is InChI=1S/C11H8O3/c1-2-3-7-4-5-8-9(6-7)11(13)14-10(8)12/h4,6,8H,5H2,1H3. The minimum Gasteiger partial charge on any atom is -0.389 e. The van der Waals surface area contributed by atoms with Gasteiger partial charge < -0.3 is 4.74 Å². The van der Waals surface area contributed by atoms with Crippen LogP contribution in [0.2, 0.25) is 0 Å². The molecule has 0 spiro atoms. The molecule has 1 aliphatic heterocycles. The molecule has 1 saturated heterocycles. The molecule has 14 heavy (non-hydrogen) atoms. The van der Waals surface area contributed by atoms with Crippen LogP contribution < -0.4 is 0 Å². The normalized spacial score (nSPS) is 24.2. The van der Waals surface area contributed by atoms with Gasteiger partial charge in [0.15, 0.2) is 0 Å². The molecule has 0 saturated carbocycles. The van der Waals surface area contributed by atoms with E-state index in [0.717, 1.165) is 5.57 Å². The molecule has 1 fully saturated rings. The fourth-order valence-electron chi connectivity index (χ4n) is 1.58. The van der Waals surface area contributed by atoms with Gasteiger partial charge in [-0.15, -0.1) is 5.92 Å². The number of hydrogen-bond acceptors (Lipinski definition) is 3. The predicted octanol–water partition coefficient (Wildman–Crippen LogP) is 0.966. The number of allylic oxidation sites excluding steroid dienone is 3. The third-order valence-corrected chi connectivity index (χ3v) is 2.24. The highest BCUT2D eigenvalue weighted by atomic mass is 16.6. The first kappa shape index (κ1) is 8.76. The van der Waals surface area contributed by atoms with Gasteiger partial charge in [-0.05, 0) is 19.4 Å². The Hall–Kier alpha value is -1.82. The maximum absolute atomic E-state index is 11.2. The van der Waals surface area contributed by atoms with Crippen molar-refractivity contribution in [2.75, 3.05) is 0 Å². The SMILES string of the molecule is CC#CC1=CCC2C(=O)OC(=O)C2=C1. The molecule has 3 nitrogen and oxygen atoms in total. The Bertz CT molecular complexity index is 429. The Morgan fingerprint density at radius 2 is 2.29 bits per heavy atom. The van der Waals surface area contributed by atoms with Gasteiger partial charge in [0.05, 0.1) is 11.5 Å².